The molecule has 0 radical (unpaired) electrons. The average molecular weight is 467 g/mol. The first-order valence-corrected chi connectivity index (χ1v) is 11.9. The van der Waals surface area contributed by atoms with Gasteiger partial charge in [-0.3, -0.25) is 0 Å². The van der Waals surface area contributed by atoms with Crippen molar-refractivity contribution in [3.63, 3.8) is 0 Å². The van der Waals surface area contributed by atoms with Crippen LogP contribution < -0.4 is 15.2 Å². The summed E-state index contributed by atoms with van der Waals surface area (Å²) < 4.78 is 58.0. The van der Waals surface area contributed by atoms with Crippen LogP contribution in [0, 0.1) is 5.82 Å². The van der Waals surface area contributed by atoms with Crippen molar-refractivity contribution in [3.8, 4) is 5.88 Å². The molecule has 12 heteroatoms. The standard InChI is InChI=1S/C20H23F2N5O4S/c1-30-11-8-27-19(31-9-11)16(7-24-27)32(23,29)26-20(28)25-18-13-4-2-3-12(13)17(22)14-5-10(21)6-15(14)18/h7,10-11H,2-6,8-9H2,1H3,(H3,23,25,26,28,29)/t10-,11-,32-/m0/s1. The number of alkyl halides is 1. The number of nitrogens with two attached hydrogens (primary N) is 1. The molecule has 3 atom stereocenters. The number of aromatic nitrogens is 2. The second-order valence-electron chi connectivity index (χ2n) is 8.22. The number of fused-ring (bicyclic) bond motifs is 3. The second-order valence-corrected chi connectivity index (χ2v) is 9.98. The quantitative estimate of drug-likeness (QED) is 0.718. The number of urea groups is 1. The van der Waals surface area contributed by atoms with Gasteiger partial charge in [-0.05, 0) is 41.5 Å². The van der Waals surface area contributed by atoms with E-state index < -0.39 is 22.1 Å². The summed E-state index contributed by atoms with van der Waals surface area (Å²) in [6.45, 7) is 0.598. The van der Waals surface area contributed by atoms with Crippen molar-refractivity contribution >= 4 is 21.6 Å². The summed E-state index contributed by atoms with van der Waals surface area (Å²) in [6.07, 6.45) is 1.66. The number of ether oxygens (including phenoxy) is 2. The van der Waals surface area contributed by atoms with Crippen molar-refractivity contribution in [1.29, 1.82) is 0 Å². The van der Waals surface area contributed by atoms with Gasteiger partial charge in [0.05, 0.1) is 12.7 Å². The lowest BCUT2D eigenvalue weighted by molar-refractivity contribution is 0.0165. The summed E-state index contributed by atoms with van der Waals surface area (Å²) in [4.78, 5) is 12.7. The normalized spacial score (nSPS) is 23.0. The topological polar surface area (TPSA) is 121 Å². The lowest BCUT2D eigenvalue weighted by atomic mass is 9.98. The highest BCUT2D eigenvalue weighted by molar-refractivity contribution is 7.91. The maximum atomic E-state index is 14.8. The van der Waals surface area contributed by atoms with Crippen molar-refractivity contribution in [2.75, 3.05) is 19.0 Å². The zero-order chi connectivity index (χ0) is 22.6. The predicted octanol–water partition coefficient (Wildman–Crippen LogP) is 2.29. The molecule has 1 aromatic heterocycles. The molecule has 0 bridgehead atoms. The molecule has 0 fully saturated rings. The lowest BCUT2D eigenvalue weighted by Crippen LogP contribution is -2.32. The number of carbonyl (C=O) groups excluding carboxylic acids is 1. The molecule has 0 unspecified atom stereocenters. The molecule has 2 aromatic rings. The number of nitrogens with zero attached hydrogens (tertiary/aromatic N) is 3. The molecule has 0 saturated heterocycles. The smallest absolute Gasteiger partial charge is 0.354 e. The van der Waals surface area contributed by atoms with E-state index >= 15 is 0 Å². The van der Waals surface area contributed by atoms with E-state index in [1.807, 2.05) is 0 Å². The highest BCUT2D eigenvalue weighted by Gasteiger charge is 2.34. The van der Waals surface area contributed by atoms with Crippen molar-refractivity contribution in [2.24, 2.45) is 9.50 Å². The zero-order valence-corrected chi connectivity index (χ0v) is 18.2. The Bertz CT molecular complexity index is 1240. The van der Waals surface area contributed by atoms with Crippen LogP contribution in [0.2, 0.25) is 0 Å². The molecule has 9 nitrogen and oxygen atoms in total. The van der Waals surface area contributed by atoms with Gasteiger partial charge in [0, 0.05) is 25.6 Å². The van der Waals surface area contributed by atoms with Crippen molar-refractivity contribution in [2.45, 2.75) is 55.8 Å². The molecular formula is C20H23F2N5O4S. The number of benzene rings is 1. The van der Waals surface area contributed by atoms with Crippen LogP contribution >= 0.6 is 0 Å². The molecule has 3 N–H and O–H groups in total. The molecule has 1 aliphatic heterocycles. The van der Waals surface area contributed by atoms with Gasteiger partial charge in [0.1, 0.15) is 29.6 Å². The monoisotopic (exact) mass is 467 g/mol. The van der Waals surface area contributed by atoms with E-state index in [4.69, 9.17) is 14.6 Å². The summed E-state index contributed by atoms with van der Waals surface area (Å²) in [7, 11) is -2.14. The van der Waals surface area contributed by atoms with Crippen LogP contribution in [0.4, 0.5) is 19.3 Å². The Morgan fingerprint density at radius 3 is 2.88 bits per heavy atom. The van der Waals surface area contributed by atoms with E-state index in [2.05, 4.69) is 14.8 Å². The third kappa shape index (κ3) is 3.46. The molecule has 0 saturated carbocycles. The Hall–Kier alpha value is -2.57. The fraction of sp³-hybridized carbons (Fsp3) is 0.500. The Morgan fingerprint density at radius 1 is 1.34 bits per heavy atom. The van der Waals surface area contributed by atoms with E-state index in [1.165, 1.54) is 10.9 Å². The van der Waals surface area contributed by atoms with Crippen molar-refractivity contribution < 1.29 is 27.3 Å². The van der Waals surface area contributed by atoms with Gasteiger partial charge >= 0.3 is 6.03 Å². The van der Waals surface area contributed by atoms with Gasteiger partial charge in [-0.2, -0.15) is 5.10 Å². The fourth-order valence-corrected chi connectivity index (χ4v) is 5.71. The van der Waals surface area contributed by atoms with Gasteiger partial charge in [0.25, 0.3) is 0 Å². The van der Waals surface area contributed by atoms with E-state index in [9.17, 15) is 17.8 Å². The highest BCUT2D eigenvalue weighted by atomic mass is 32.2. The van der Waals surface area contributed by atoms with E-state index in [-0.39, 0.29) is 42.1 Å². The molecular weight excluding hydrogens is 444 g/mol. The Kier molecular flexibility index (Phi) is 5.18. The third-order valence-electron chi connectivity index (χ3n) is 6.21. The minimum atomic E-state index is -3.68. The molecule has 0 spiro atoms. The van der Waals surface area contributed by atoms with Crippen LogP contribution in [0.5, 0.6) is 5.88 Å². The Morgan fingerprint density at radius 2 is 2.09 bits per heavy atom. The number of anilines is 1. The second kappa shape index (κ2) is 7.78. The maximum absolute atomic E-state index is 14.8. The summed E-state index contributed by atoms with van der Waals surface area (Å²) >= 11 is 0. The van der Waals surface area contributed by atoms with Gasteiger partial charge in [0.2, 0.25) is 5.88 Å². The number of amides is 2. The number of hydrogen-bond acceptors (Lipinski definition) is 5. The predicted molar refractivity (Wildman–Crippen MR) is 111 cm³/mol. The molecule has 2 aliphatic carbocycles. The van der Waals surface area contributed by atoms with Crippen LogP contribution in [0.1, 0.15) is 28.7 Å². The number of nitrogens with one attached hydrogen (secondary N) is 1. The molecule has 1 aromatic carbocycles. The summed E-state index contributed by atoms with van der Waals surface area (Å²) in [5.74, 6) is -0.200. The number of hydrogen-bond donors (Lipinski definition) is 2. The number of carbonyl (C=O) groups is 1. The summed E-state index contributed by atoms with van der Waals surface area (Å²) in [6, 6.07) is -0.951. The average Bonchev–Trinajstić information content (AvgIpc) is 3.48. The SMILES string of the molecule is CO[C@@H]1COc2c([S@@](N)(=O)=NC(=O)Nc3c4c(c(F)c5c3C[C@@H](F)C5)CCC4)cnn2C1. The maximum Gasteiger partial charge on any atom is 0.354 e. The van der Waals surface area contributed by atoms with Crippen LogP contribution in [0.3, 0.4) is 0 Å². The molecule has 5 rings (SSSR count). The van der Waals surface area contributed by atoms with Gasteiger partial charge in [-0.25, -0.2) is 27.6 Å². The van der Waals surface area contributed by atoms with Gasteiger partial charge < -0.3 is 14.8 Å². The van der Waals surface area contributed by atoms with Gasteiger partial charge in [-0.15, -0.1) is 4.36 Å². The summed E-state index contributed by atoms with van der Waals surface area (Å²) in [5, 5.41) is 12.6. The zero-order valence-electron chi connectivity index (χ0n) is 17.4. The first-order valence-electron chi connectivity index (χ1n) is 10.3. The fourth-order valence-electron chi connectivity index (χ4n) is 4.71. The first-order chi connectivity index (χ1) is 15.3. The molecule has 2 amide bonds. The third-order valence-corrected chi connectivity index (χ3v) is 7.56. The summed E-state index contributed by atoms with van der Waals surface area (Å²) in [5.41, 5.74) is 2.27. The Labute approximate surface area is 183 Å². The van der Waals surface area contributed by atoms with Crippen LogP contribution in [-0.4, -0.2) is 46.0 Å². The van der Waals surface area contributed by atoms with Crippen LogP contribution in [0.25, 0.3) is 0 Å². The van der Waals surface area contributed by atoms with Crippen LogP contribution in [0.15, 0.2) is 15.5 Å². The van der Waals surface area contributed by atoms with Gasteiger partial charge in [-0.1, -0.05) is 0 Å². The molecule has 3 aliphatic rings. The minimum Gasteiger partial charge on any atom is -0.474 e. The van der Waals surface area contributed by atoms with E-state index in [0.717, 1.165) is 6.42 Å². The molecule has 172 valence electrons. The molecule has 2 heterocycles. The number of methoxy groups -OCH3 is 1. The Balaban J connectivity index is 1.47. The molecule has 32 heavy (non-hydrogen) atoms. The van der Waals surface area contributed by atoms with Gasteiger partial charge in [0.15, 0.2) is 9.92 Å². The highest BCUT2D eigenvalue weighted by Crippen LogP contribution is 2.41. The number of halogens is 2. The number of rotatable bonds is 3. The first kappa shape index (κ1) is 21.3. The van der Waals surface area contributed by atoms with Crippen molar-refractivity contribution in [1.82, 2.24) is 9.78 Å². The largest absolute Gasteiger partial charge is 0.474 e. The minimum absolute atomic E-state index is 0.000546. The van der Waals surface area contributed by atoms with Crippen LogP contribution in [-0.2, 0) is 46.9 Å². The van der Waals surface area contributed by atoms with Crippen molar-refractivity contribution in [3.05, 3.63) is 34.3 Å². The van der Waals surface area contributed by atoms with E-state index in [0.29, 0.717) is 47.3 Å². The van der Waals surface area contributed by atoms with E-state index in [1.54, 1.807) is 7.11 Å². The lowest BCUT2D eigenvalue weighted by Gasteiger charge is -2.23.